The zero-order chi connectivity index (χ0) is 15.4. The van der Waals surface area contributed by atoms with Gasteiger partial charge in [0.15, 0.2) is 0 Å². The molecule has 0 saturated heterocycles. The van der Waals surface area contributed by atoms with Gasteiger partial charge in [-0.05, 0) is 22.8 Å². The highest BCUT2D eigenvalue weighted by Gasteiger charge is 2.16. The van der Waals surface area contributed by atoms with Crippen LogP contribution in [0.1, 0.15) is 0 Å². The van der Waals surface area contributed by atoms with E-state index in [4.69, 9.17) is 26.6 Å². The second-order valence-corrected chi connectivity index (χ2v) is 8.03. The van der Waals surface area contributed by atoms with Crippen LogP contribution in [-0.2, 0) is 0 Å². The van der Waals surface area contributed by atoms with Crippen LogP contribution in [0, 0.1) is 0 Å². The quantitative estimate of drug-likeness (QED) is 0.425. The van der Waals surface area contributed by atoms with Crippen LogP contribution in [0.3, 0.4) is 0 Å². The molecule has 0 unspecified atom stereocenters. The number of hydrogen-bond donors (Lipinski definition) is 0. The average Bonchev–Trinajstić information content (AvgIpc) is 2.56. The molecular formula is C18H13Cl2OSi. The molecule has 0 atom stereocenters. The Morgan fingerprint density at radius 2 is 1.23 bits per heavy atom. The van der Waals surface area contributed by atoms with E-state index >= 15 is 0 Å². The number of halogens is 2. The van der Waals surface area contributed by atoms with Crippen molar-refractivity contribution >= 4 is 29.8 Å². The van der Waals surface area contributed by atoms with Crippen LogP contribution in [0.25, 0.3) is 22.3 Å². The summed E-state index contributed by atoms with van der Waals surface area (Å²) in [5.74, 6) is 0.714. The van der Waals surface area contributed by atoms with E-state index in [1.54, 1.807) is 0 Å². The van der Waals surface area contributed by atoms with E-state index in [9.17, 15) is 0 Å². The van der Waals surface area contributed by atoms with Crippen LogP contribution in [0.2, 0.25) is 0 Å². The first-order chi connectivity index (χ1) is 10.8. The minimum atomic E-state index is -1.87. The fourth-order valence-corrected chi connectivity index (χ4v) is 3.30. The van der Waals surface area contributed by atoms with Gasteiger partial charge in [-0.1, -0.05) is 95.0 Å². The lowest BCUT2D eigenvalue weighted by molar-refractivity contribution is 0.606. The monoisotopic (exact) mass is 343 g/mol. The molecule has 0 amide bonds. The number of benzene rings is 3. The summed E-state index contributed by atoms with van der Waals surface area (Å²) in [6.45, 7) is 0. The van der Waals surface area contributed by atoms with Crippen LogP contribution in [0.4, 0.5) is 0 Å². The van der Waals surface area contributed by atoms with E-state index in [0.29, 0.717) is 5.75 Å². The molecule has 22 heavy (non-hydrogen) atoms. The molecular weight excluding hydrogens is 331 g/mol. The third-order valence-corrected chi connectivity index (χ3v) is 4.20. The second-order valence-electron chi connectivity index (χ2n) is 4.74. The smallest absolute Gasteiger partial charge is 0.511 e. The molecule has 0 spiro atoms. The highest BCUT2D eigenvalue weighted by atomic mass is 35.7. The van der Waals surface area contributed by atoms with Crippen molar-refractivity contribution < 1.29 is 4.43 Å². The first kappa shape index (κ1) is 15.2. The largest absolute Gasteiger partial charge is 0.516 e. The normalized spacial score (nSPS) is 10.7. The van der Waals surface area contributed by atoms with Crippen LogP contribution in [0.15, 0.2) is 78.9 Å². The Hall–Kier alpha value is -1.74. The van der Waals surface area contributed by atoms with E-state index in [1.807, 2.05) is 48.5 Å². The summed E-state index contributed by atoms with van der Waals surface area (Å²) < 4.78 is 5.69. The number of rotatable bonds is 4. The first-order valence-corrected chi connectivity index (χ1v) is 10.3. The van der Waals surface area contributed by atoms with E-state index in [-0.39, 0.29) is 0 Å². The summed E-state index contributed by atoms with van der Waals surface area (Å²) in [6.07, 6.45) is 0. The fourth-order valence-electron chi connectivity index (χ4n) is 2.46. The van der Waals surface area contributed by atoms with Gasteiger partial charge in [-0.15, -0.1) is 0 Å². The van der Waals surface area contributed by atoms with Crippen molar-refractivity contribution in [2.24, 2.45) is 0 Å². The Balaban J connectivity index is 2.22. The molecule has 3 aromatic rings. The van der Waals surface area contributed by atoms with Gasteiger partial charge in [-0.3, -0.25) is 0 Å². The summed E-state index contributed by atoms with van der Waals surface area (Å²) in [5.41, 5.74) is 4.32. The molecule has 0 fully saturated rings. The van der Waals surface area contributed by atoms with Crippen LogP contribution in [0.5, 0.6) is 5.75 Å². The van der Waals surface area contributed by atoms with Crippen molar-refractivity contribution in [3.8, 4) is 28.0 Å². The molecule has 0 saturated carbocycles. The van der Waals surface area contributed by atoms with E-state index in [2.05, 4.69) is 30.3 Å². The molecule has 3 aromatic carbocycles. The van der Waals surface area contributed by atoms with Crippen molar-refractivity contribution in [3.05, 3.63) is 78.9 Å². The maximum absolute atomic E-state index is 5.92. The second kappa shape index (κ2) is 7.01. The Bertz CT molecular complexity index is 746. The van der Waals surface area contributed by atoms with Crippen LogP contribution in [-0.4, -0.2) is 7.66 Å². The van der Waals surface area contributed by atoms with Crippen molar-refractivity contribution in [3.63, 3.8) is 0 Å². The summed E-state index contributed by atoms with van der Waals surface area (Å²) in [7, 11) is -1.87. The minimum absolute atomic E-state index is 0.714. The van der Waals surface area contributed by atoms with Gasteiger partial charge in [0.05, 0.1) is 0 Å². The lowest BCUT2D eigenvalue weighted by Crippen LogP contribution is -2.06. The molecule has 0 aliphatic carbocycles. The average molecular weight is 344 g/mol. The maximum Gasteiger partial charge on any atom is 0.511 e. The lowest BCUT2D eigenvalue weighted by atomic mass is 9.94. The van der Waals surface area contributed by atoms with Crippen LogP contribution < -0.4 is 4.43 Å². The van der Waals surface area contributed by atoms with Crippen molar-refractivity contribution in [1.29, 1.82) is 0 Å². The van der Waals surface area contributed by atoms with Crippen molar-refractivity contribution in [2.75, 3.05) is 0 Å². The highest BCUT2D eigenvalue weighted by Crippen LogP contribution is 2.39. The molecule has 3 rings (SSSR count). The van der Waals surface area contributed by atoms with Gasteiger partial charge in [0.1, 0.15) is 5.75 Å². The molecule has 0 aliphatic heterocycles. The predicted octanol–water partition coefficient (Wildman–Crippen LogP) is 5.86. The van der Waals surface area contributed by atoms with Gasteiger partial charge >= 0.3 is 7.66 Å². The molecule has 0 heterocycles. The molecule has 0 N–H and O–H groups in total. The highest BCUT2D eigenvalue weighted by molar-refractivity contribution is 7.31. The van der Waals surface area contributed by atoms with E-state index < -0.39 is 7.66 Å². The minimum Gasteiger partial charge on any atom is -0.516 e. The zero-order valence-electron chi connectivity index (χ0n) is 11.7. The van der Waals surface area contributed by atoms with Gasteiger partial charge in [-0.25, -0.2) is 0 Å². The topological polar surface area (TPSA) is 9.23 Å². The molecule has 1 radical (unpaired) electrons. The van der Waals surface area contributed by atoms with Crippen LogP contribution >= 0.6 is 22.2 Å². The van der Waals surface area contributed by atoms with Crippen molar-refractivity contribution in [1.82, 2.24) is 0 Å². The van der Waals surface area contributed by atoms with Gasteiger partial charge in [0.2, 0.25) is 0 Å². The van der Waals surface area contributed by atoms with Gasteiger partial charge < -0.3 is 4.43 Å². The molecule has 0 bridgehead atoms. The predicted molar refractivity (Wildman–Crippen MR) is 95.4 cm³/mol. The Labute approximate surface area is 141 Å². The standard InChI is InChI=1S/C18H13Cl2OSi/c19-22(20)21-17-13-7-12-16(14-8-3-1-4-9-14)18(17)15-10-5-2-6-11-15/h1-13H. The Morgan fingerprint density at radius 3 is 1.82 bits per heavy atom. The van der Waals surface area contributed by atoms with E-state index in [0.717, 1.165) is 22.3 Å². The molecule has 1 nitrogen and oxygen atoms in total. The molecule has 0 aliphatic rings. The van der Waals surface area contributed by atoms with Gasteiger partial charge in [0.25, 0.3) is 0 Å². The Kier molecular flexibility index (Phi) is 4.83. The van der Waals surface area contributed by atoms with Crippen molar-refractivity contribution in [2.45, 2.75) is 0 Å². The summed E-state index contributed by atoms with van der Waals surface area (Å²) in [6, 6.07) is 26.3. The Morgan fingerprint density at radius 1 is 0.636 bits per heavy atom. The molecule has 0 aromatic heterocycles. The van der Waals surface area contributed by atoms with Gasteiger partial charge in [0, 0.05) is 5.56 Å². The first-order valence-electron chi connectivity index (χ1n) is 6.85. The summed E-state index contributed by atoms with van der Waals surface area (Å²) in [5, 5.41) is 0. The van der Waals surface area contributed by atoms with E-state index in [1.165, 1.54) is 0 Å². The third kappa shape index (κ3) is 3.35. The summed E-state index contributed by atoms with van der Waals surface area (Å²) in [4.78, 5) is 0. The lowest BCUT2D eigenvalue weighted by Gasteiger charge is -2.16. The summed E-state index contributed by atoms with van der Waals surface area (Å²) >= 11 is 11.8. The zero-order valence-corrected chi connectivity index (χ0v) is 14.2. The maximum atomic E-state index is 5.92. The molecule has 4 heteroatoms. The van der Waals surface area contributed by atoms with Gasteiger partial charge in [-0.2, -0.15) is 0 Å². The SMILES string of the molecule is Cl[Si](Cl)Oc1cccc(-c2ccccc2)c1-c1ccccc1. The molecule has 109 valence electrons. The third-order valence-electron chi connectivity index (χ3n) is 3.36. The fraction of sp³-hybridized carbons (Fsp3) is 0. The number of hydrogen-bond acceptors (Lipinski definition) is 1.